The van der Waals surface area contributed by atoms with E-state index in [1.807, 2.05) is 36.5 Å². The molecule has 5 aromatic rings. The van der Waals surface area contributed by atoms with Crippen molar-refractivity contribution in [1.29, 1.82) is 0 Å². The van der Waals surface area contributed by atoms with Crippen LogP contribution in [0, 0.1) is 0 Å². The summed E-state index contributed by atoms with van der Waals surface area (Å²) >= 11 is 0. The highest BCUT2D eigenvalue weighted by Gasteiger charge is 2.14. The molecule has 0 saturated heterocycles. The maximum absolute atomic E-state index is 10.7. The Kier molecular flexibility index (Phi) is 6.87. The molecule has 5 rings (SSSR count). The van der Waals surface area contributed by atoms with E-state index in [1.165, 1.54) is 27.9 Å². The summed E-state index contributed by atoms with van der Waals surface area (Å²) in [6.07, 6.45) is 1.03. The Labute approximate surface area is 210 Å². The van der Waals surface area contributed by atoms with Crippen LogP contribution in [0.3, 0.4) is 0 Å². The van der Waals surface area contributed by atoms with Gasteiger partial charge < -0.3 is 19.5 Å². The molecule has 0 fully saturated rings. The normalized spacial score (nSPS) is 12.4. The van der Waals surface area contributed by atoms with Gasteiger partial charge in [0.2, 0.25) is 0 Å². The topological polar surface area (TPSA) is 70.2 Å². The molecule has 182 valence electrons. The van der Waals surface area contributed by atoms with Crippen LogP contribution in [-0.4, -0.2) is 40.3 Å². The number of aliphatic hydroxyl groups excluding tert-OH is 1. The summed E-state index contributed by atoms with van der Waals surface area (Å²) in [5.41, 5.74) is 4.28. The van der Waals surface area contributed by atoms with Crippen molar-refractivity contribution in [2.24, 2.45) is 5.10 Å². The molecule has 6 nitrogen and oxygen atoms in total. The number of anilines is 1. The average molecular weight is 480 g/mol. The van der Waals surface area contributed by atoms with E-state index in [0.717, 1.165) is 17.8 Å². The Morgan fingerprint density at radius 1 is 0.889 bits per heavy atom. The zero-order valence-electron chi connectivity index (χ0n) is 20.2. The van der Waals surface area contributed by atoms with E-state index in [4.69, 9.17) is 9.84 Å². The fourth-order valence-electron chi connectivity index (χ4n) is 4.47. The number of fused-ring (bicyclic) bond motifs is 3. The van der Waals surface area contributed by atoms with Crippen molar-refractivity contribution in [3.8, 4) is 11.5 Å². The number of aromatic nitrogens is 1. The zero-order chi connectivity index (χ0) is 24.9. The van der Waals surface area contributed by atoms with Gasteiger partial charge in [0.05, 0.1) is 18.4 Å². The number of benzene rings is 4. The van der Waals surface area contributed by atoms with Gasteiger partial charge in [0.15, 0.2) is 0 Å². The van der Waals surface area contributed by atoms with Crippen molar-refractivity contribution in [3.05, 3.63) is 103 Å². The smallest absolute Gasteiger partial charge is 0.123 e. The second kappa shape index (κ2) is 10.5. The van der Waals surface area contributed by atoms with Crippen molar-refractivity contribution < 1.29 is 14.9 Å². The number of aliphatic hydroxyl groups is 1. The minimum atomic E-state index is -0.797. The maximum Gasteiger partial charge on any atom is 0.123 e. The zero-order valence-corrected chi connectivity index (χ0v) is 20.2. The Bertz CT molecular complexity index is 1490. The third kappa shape index (κ3) is 5.04. The van der Waals surface area contributed by atoms with E-state index in [-0.39, 0.29) is 18.9 Å². The summed E-state index contributed by atoms with van der Waals surface area (Å²) in [4.78, 5) is 0. The van der Waals surface area contributed by atoms with Gasteiger partial charge in [0.1, 0.15) is 24.2 Å². The molecule has 6 heteroatoms. The number of rotatable bonds is 9. The first kappa shape index (κ1) is 23.5. The molecule has 1 atom stereocenters. The lowest BCUT2D eigenvalue weighted by Crippen LogP contribution is -2.32. The van der Waals surface area contributed by atoms with Crippen molar-refractivity contribution >= 4 is 33.7 Å². The minimum absolute atomic E-state index is 0.0742. The molecule has 2 N–H and O–H groups in total. The second-order valence-corrected chi connectivity index (χ2v) is 8.66. The second-order valence-electron chi connectivity index (χ2n) is 8.66. The van der Waals surface area contributed by atoms with Crippen LogP contribution in [0.2, 0.25) is 0 Å². The van der Waals surface area contributed by atoms with E-state index in [9.17, 15) is 10.2 Å². The van der Waals surface area contributed by atoms with Gasteiger partial charge in [-0.25, -0.2) is 0 Å². The summed E-state index contributed by atoms with van der Waals surface area (Å²) in [5.74, 6) is 0.625. The summed E-state index contributed by atoms with van der Waals surface area (Å²) in [7, 11) is 0. The van der Waals surface area contributed by atoms with Gasteiger partial charge in [-0.3, -0.25) is 5.01 Å². The number of phenols is 1. The van der Waals surface area contributed by atoms with Crippen LogP contribution in [0.15, 0.2) is 102 Å². The molecule has 0 aliphatic rings. The standard InChI is InChI=1S/C30H29N3O3/c1-2-32-29-14-7-6-13-27(29)28-17-22(15-16-30(28)32)19-31-33(23-9-4-3-5-10-23)20-25(35)21-36-26-12-8-11-24(34)18-26/h3-19,25,34-35H,2,20-21H2,1H3/b31-19+. The highest BCUT2D eigenvalue weighted by molar-refractivity contribution is 6.09. The molecule has 0 saturated carbocycles. The van der Waals surface area contributed by atoms with Gasteiger partial charge in [0.25, 0.3) is 0 Å². The predicted molar refractivity (Wildman–Crippen MR) is 146 cm³/mol. The quantitative estimate of drug-likeness (QED) is 0.207. The van der Waals surface area contributed by atoms with Gasteiger partial charge in [-0.1, -0.05) is 48.5 Å². The van der Waals surface area contributed by atoms with Crippen molar-refractivity contribution in [2.45, 2.75) is 19.6 Å². The molecule has 0 spiro atoms. The molecular weight excluding hydrogens is 450 g/mol. The van der Waals surface area contributed by atoms with Crippen molar-refractivity contribution in [2.75, 3.05) is 18.2 Å². The SMILES string of the molecule is CCn1c2ccccc2c2cc(/C=N/N(CC(O)COc3cccc(O)c3)c3ccccc3)ccc21. The maximum atomic E-state index is 10.7. The summed E-state index contributed by atoms with van der Waals surface area (Å²) in [6, 6.07) is 31.1. The first-order valence-corrected chi connectivity index (χ1v) is 12.1. The third-order valence-electron chi connectivity index (χ3n) is 6.16. The predicted octanol–water partition coefficient (Wildman–Crippen LogP) is 5.80. The Hall–Kier alpha value is -4.29. The number of hydrogen-bond acceptors (Lipinski definition) is 5. The lowest BCUT2D eigenvalue weighted by Gasteiger charge is -2.22. The first-order valence-electron chi connectivity index (χ1n) is 12.1. The molecular formula is C30H29N3O3. The molecule has 0 aliphatic heterocycles. The van der Waals surface area contributed by atoms with E-state index in [1.54, 1.807) is 23.2 Å². The Morgan fingerprint density at radius 2 is 1.67 bits per heavy atom. The van der Waals surface area contributed by atoms with E-state index in [2.05, 4.69) is 54.0 Å². The fourth-order valence-corrected chi connectivity index (χ4v) is 4.47. The number of aromatic hydroxyl groups is 1. The number of nitrogens with zero attached hydrogens (tertiary/aromatic N) is 3. The Morgan fingerprint density at radius 3 is 2.47 bits per heavy atom. The molecule has 1 aromatic heterocycles. The largest absolute Gasteiger partial charge is 0.508 e. The number of ether oxygens (including phenoxy) is 1. The summed E-state index contributed by atoms with van der Waals surface area (Å²) in [6.45, 7) is 3.39. The summed E-state index contributed by atoms with van der Waals surface area (Å²) in [5, 5.41) is 29.2. The van der Waals surface area contributed by atoms with Crippen LogP contribution >= 0.6 is 0 Å². The average Bonchev–Trinajstić information content (AvgIpc) is 3.23. The number of para-hydroxylation sites is 2. The number of aryl methyl sites for hydroxylation is 1. The summed E-state index contributed by atoms with van der Waals surface area (Å²) < 4.78 is 7.98. The Balaban J connectivity index is 1.38. The highest BCUT2D eigenvalue weighted by atomic mass is 16.5. The van der Waals surface area contributed by atoms with Crippen molar-refractivity contribution in [1.82, 2.24) is 4.57 Å². The lowest BCUT2D eigenvalue weighted by atomic mass is 10.1. The molecule has 0 aliphatic carbocycles. The van der Waals surface area contributed by atoms with E-state index in [0.29, 0.717) is 5.75 Å². The number of hydrazone groups is 1. The van der Waals surface area contributed by atoms with Crippen LogP contribution in [0.5, 0.6) is 11.5 Å². The molecule has 1 unspecified atom stereocenters. The van der Waals surface area contributed by atoms with Gasteiger partial charge in [-0.05, 0) is 55.0 Å². The van der Waals surface area contributed by atoms with Gasteiger partial charge in [0, 0.05) is 34.4 Å². The number of phenolic OH excluding ortho intramolecular Hbond substituents is 1. The molecule has 36 heavy (non-hydrogen) atoms. The van der Waals surface area contributed by atoms with Crippen molar-refractivity contribution in [3.63, 3.8) is 0 Å². The van der Waals surface area contributed by atoms with Crippen LogP contribution in [-0.2, 0) is 6.54 Å². The van der Waals surface area contributed by atoms with E-state index >= 15 is 0 Å². The van der Waals surface area contributed by atoms with Gasteiger partial charge >= 0.3 is 0 Å². The molecule has 0 bridgehead atoms. The van der Waals surface area contributed by atoms with Crippen LogP contribution in [0.25, 0.3) is 21.8 Å². The van der Waals surface area contributed by atoms with Gasteiger partial charge in [-0.15, -0.1) is 0 Å². The molecule has 0 amide bonds. The fraction of sp³-hybridized carbons (Fsp3) is 0.167. The minimum Gasteiger partial charge on any atom is -0.508 e. The van der Waals surface area contributed by atoms with Crippen LogP contribution in [0.4, 0.5) is 5.69 Å². The molecule has 1 heterocycles. The lowest BCUT2D eigenvalue weighted by molar-refractivity contribution is 0.112. The molecule has 0 radical (unpaired) electrons. The first-order chi connectivity index (χ1) is 17.6. The highest BCUT2D eigenvalue weighted by Crippen LogP contribution is 2.29. The molecule has 4 aromatic carbocycles. The van der Waals surface area contributed by atoms with E-state index < -0.39 is 6.10 Å². The monoisotopic (exact) mass is 479 g/mol. The van der Waals surface area contributed by atoms with Crippen LogP contribution < -0.4 is 9.75 Å². The number of hydrogen-bond donors (Lipinski definition) is 2. The third-order valence-corrected chi connectivity index (χ3v) is 6.16. The van der Waals surface area contributed by atoms with Gasteiger partial charge in [-0.2, -0.15) is 5.10 Å². The van der Waals surface area contributed by atoms with Crippen LogP contribution in [0.1, 0.15) is 12.5 Å².